The molecule has 0 spiro atoms. The molecule has 134 valence electrons. The average Bonchev–Trinajstić information content (AvgIpc) is 3.16. The summed E-state index contributed by atoms with van der Waals surface area (Å²) in [4.78, 5) is 24.7. The molecule has 3 aromatic heterocycles. The number of hydroxylamine groups is 1. The summed E-state index contributed by atoms with van der Waals surface area (Å²) in [6.07, 6.45) is 8.55. The zero-order chi connectivity index (χ0) is 18.6. The van der Waals surface area contributed by atoms with Crippen molar-refractivity contribution in [3.8, 4) is 11.3 Å². The Morgan fingerprint density at radius 2 is 1.89 bits per heavy atom. The van der Waals surface area contributed by atoms with Crippen LogP contribution in [0.15, 0.2) is 67.5 Å². The summed E-state index contributed by atoms with van der Waals surface area (Å²) >= 11 is 0. The van der Waals surface area contributed by atoms with Crippen molar-refractivity contribution in [2.24, 2.45) is 0 Å². The molecule has 2 N–H and O–H groups in total. The zero-order valence-electron chi connectivity index (χ0n) is 14.2. The molecule has 0 saturated heterocycles. The van der Waals surface area contributed by atoms with Crippen molar-refractivity contribution < 1.29 is 10.0 Å². The van der Waals surface area contributed by atoms with Gasteiger partial charge in [0.1, 0.15) is 12.4 Å². The normalized spacial score (nSPS) is 12.0. The Balaban J connectivity index is 1.73. The van der Waals surface area contributed by atoms with Gasteiger partial charge in [0.15, 0.2) is 0 Å². The van der Waals surface area contributed by atoms with Crippen LogP contribution in [0, 0.1) is 0 Å². The van der Waals surface area contributed by atoms with E-state index in [0.717, 1.165) is 16.5 Å². The lowest BCUT2D eigenvalue weighted by Crippen LogP contribution is -2.32. The van der Waals surface area contributed by atoms with Gasteiger partial charge in [-0.2, -0.15) is 5.10 Å². The van der Waals surface area contributed by atoms with Gasteiger partial charge in [0.25, 0.3) is 5.91 Å². The molecule has 0 saturated carbocycles. The minimum atomic E-state index is -0.706. The maximum Gasteiger partial charge on any atom is 0.268 e. The Bertz CT molecular complexity index is 1070. The predicted octanol–water partition coefficient (Wildman–Crippen LogP) is 2.18. The van der Waals surface area contributed by atoms with Gasteiger partial charge in [-0.05, 0) is 11.6 Å². The number of nitrogens with one attached hydrogen (secondary N) is 1. The largest absolute Gasteiger partial charge is 0.289 e. The molecule has 1 amide bonds. The number of pyridine rings is 1. The van der Waals surface area contributed by atoms with Crippen molar-refractivity contribution in [2.75, 3.05) is 0 Å². The number of amides is 1. The molecule has 0 radical (unpaired) electrons. The third-order valence-electron chi connectivity index (χ3n) is 4.32. The molecular weight excluding hydrogens is 344 g/mol. The molecule has 0 aliphatic carbocycles. The van der Waals surface area contributed by atoms with Crippen molar-refractivity contribution in [3.05, 3.63) is 73.1 Å². The van der Waals surface area contributed by atoms with Crippen LogP contribution in [0.3, 0.4) is 0 Å². The number of hydrogen-bond donors (Lipinski definition) is 2. The van der Waals surface area contributed by atoms with Crippen molar-refractivity contribution in [3.63, 3.8) is 0 Å². The van der Waals surface area contributed by atoms with Gasteiger partial charge in [-0.25, -0.2) is 15.4 Å². The summed E-state index contributed by atoms with van der Waals surface area (Å²) in [5, 5.41) is 14.4. The molecule has 27 heavy (non-hydrogen) atoms. The fourth-order valence-corrected chi connectivity index (χ4v) is 2.98. The maximum atomic E-state index is 12.3. The van der Waals surface area contributed by atoms with E-state index in [9.17, 15) is 10.0 Å². The number of hydrogen-bond acceptors (Lipinski definition) is 6. The van der Waals surface area contributed by atoms with Crippen molar-refractivity contribution in [1.29, 1.82) is 0 Å². The first-order valence-corrected chi connectivity index (χ1v) is 8.33. The van der Waals surface area contributed by atoms with Crippen molar-refractivity contribution in [1.82, 2.24) is 30.2 Å². The Morgan fingerprint density at radius 1 is 1.11 bits per heavy atom. The Hall–Kier alpha value is -3.65. The minimum absolute atomic E-state index is 0.387. The first-order valence-electron chi connectivity index (χ1n) is 8.33. The van der Waals surface area contributed by atoms with E-state index >= 15 is 0 Å². The highest BCUT2D eigenvalue weighted by Crippen LogP contribution is 2.24. The number of carbonyl (C=O) groups excluding carboxylic acids is 1. The molecule has 0 bridgehead atoms. The van der Waals surface area contributed by atoms with Gasteiger partial charge in [0.2, 0.25) is 0 Å². The van der Waals surface area contributed by atoms with Gasteiger partial charge in [0.05, 0.1) is 23.6 Å². The number of benzene rings is 1. The standard InChI is InChI=1S/C19H16N6O2/c26-19(24-27)17(6-13-4-2-1-3-5-13)25-18-11-22-16(7-14(18)10-23-25)15-8-20-12-21-9-15/h1-5,7-12,17,27H,6H2,(H,24,26). The smallest absolute Gasteiger partial charge is 0.268 e. The van der Waals surface area contributed by atoms with Crippen LogP contribution >= 0.6 is 0 Å². The third kappa shape index (κ3) is 3.38. The Labute approximate surface area is 154 Å². The van der Waals surface area contributed by atoms with Crippen LogP contribution in [0.1, 0.15) is 11.6 Å². The summed E-state index contributed by atoms with van der Waals surface area (Å²) in [6.45, 7) is 0. The molecule has 1 aromatic carbocycles. The van der Waals surface area contributed by atoms with Crippen molar-refractivity contribution in [2.45, 2.75) is 12.5 Å². The number of carbonyl (C=O) groups is 1. The maximum absolute atomic E-state index is 12.3. The van der Waals surface area contributed by atoms with E-state index in [0.29, 0.717) is 17.6 Å². The second-order valence-electron chi connectivity index (χ2n) is 6.03. The fraction of sp³-hybridized carbons (Fsp3) is 0.105. The highest BCUT2D eigenvalue weighted by molar-refractivity contribution is 5.85. The van der Waals surface area contributed by atoms with E-state index in [-0.39, 0.29) is 0 Å². The minimum Gasteiger partial charge on any atom is -0.289 e. The molecule has 3 heterocycles. The second-order valence-corrected chi connectivity index (χ2v) is 6.03. The van der Waals surface area contributed by atoms with E-state index in [1.807, 2.05) is 36.4 Å². The number of rotatable bonds is 5. The summed E-state index contributed by atoms with van der Waals surface area (Å²) in [5.74, 6) is -0.538. The van der Waals surface area contributed by atoms with E-state index < -0.39 is 11.9 Å². The van der Waals surface area contributed by atoms with Crippen LogP contribution in [0.4, 0.5) is 0 Å². The third-order valence-corrected chi connectivity index (χ3v) is 4.32. The molecule has 0 fully saturated rings. The van der Waals surface area contributed by atoms with Gasteiger partial charge >= 0.3 is 0 Å². The molecule has 0 aliphatic heterocycles. The lowest BCUT2D eigenvalue weighted by Gasteiger charge is -2.16. The van der Waals surface area contributed by atoms with E-state index in [4.69, 9.17) is 0 Å². The molecular formula is C19H16N6O2. The van der Waals surface area contributed by atoms with Gasteiger partial charge in [-0.3, -0.25) is 19.7 Å². The molecule has 0 aliphatic rings. The summed E-state index contributed by atoms with van der Waals surface area (Å²) in [6, 6.07) is 10.7. The van der Waals surface area contributed by atoms with Crippen LogP contribution in [0.5, 0.6) is 0 Å². The topological polar surface area (TPSA) is 106 Å². The van der Waals surface area contributed by atoms with Crippen LogP contribution in [-0.2, 0) is 11.2 Å². The van der Waals surface area contributed by atoms with Crippen LogP contribution in [0.25, 0.3) is 22.2 Å². The molecule has 1 unspecified atom stereocenters. The first-order chi connectivity index (χ1) is 13.3. The molecule has 4 aromatic rings. The van der Waals surface area contributed by atoms with Crippen LogP contribution < -0.4 is 5.48 Å². The average molecular weight is 360 g/mol. The van der Waals surface area contributed by atoms with E-state index in [1.54, 1.807) is 34.9 Å². The fourth-order valence-electron chi connectivity index (χ4n) is 2.98. The molecule has 8 heteroatoms. The summed E-state index contributed by atoms with van der Waals surface area (Å²) in [7, 11) is 0. The summed E-state index contributed by atoms with van der Waals surface area (Å²) < 4.78 is 1.58. The second kappa shape index (κ2) is 7.30. The van der Waals surface area contributed by atoms with Gasteiger partial charge in [-0.15, -0.1) is 0 Å². The predicted molar refractivity (Wildman–Crippen MR) is 97.7 cm³/mol. The Morgan fingerprint density at radius 3 is 2.63 bits per heavy atom. The first kappa shape index (κ1) is 16.8. The zero-order valence-corrected chi connectivity index (χ0v) is 14.2. The lowest BCUT2D eigenvalue weighted by molar-refractivity contribution is -0.132. The van der Waals surface area contributed by atoms with Gasteiger partial charge < -0.3 is 0 Å². The molecule has 8 nitrogen and oxygen atoms in total. The highest BCUT2D eigenvalue weighted by Gasteiger charge is 2.23. The number of aromatic nitrogens is 5. The van der Waals surface area contributed by atoms with Crippen LogP contribution in [0.2, 0.25) is 0 Å². The van der Waals surface area contributed by atoms with Crippen LogP contribution in [-0.4, -0.2) is 35.8 Å². The highest BCUT2D eigenvalue weighted by atomic mass is 16.5. The van der Waals surface area contributed by atoms with E-state index in [2.05, 4.69) is 20.1 Å². The lowest BCUT2D eigenvalue weighted by atomic mass is 10.1. The summed E-state index contributed by atoms with van der Waals surface area (Å²) in [5.41, 5.74) is 4.90. The number of fused-ring (bicyclic) bond motifs is 1. The number of nitrogens with zero attached hydrogens (tertiary/aromatic N) is 5. The van der Waals surface area contributed by atoms with E-state index in [1.165, 1.54) is 6.33 Å². The SMILES string of the molecule is O=C(NO)C(Cc1ccccc1)n1ncc2cc(-c3cncnc3)ncc21. The quantitative estimate of drug-likeness (QED) is 0.417. The monoisotopic (exact) mass is 360 g/mol. The van der Waals surface area contributed by atoms with Crippen molar-refractivity contribution >= 4 is 16.8 Å². The molecule has 1 atom stereocenters. The Kier molecular flexibility index (Phi) is 4.54. The molecule has 4 rings (SSSR count). The van der Waals surface area contributed by atoms with Gasteiger partial charge in [0, 0.05) is 29.8 Å². The van der Waals surface area contributed by atoms with Gasteiger partial charge in [-0.1, -0.05) is 30.3 Å².